The highest BCUT2D eigenvalue weighted by molar-refractivity contribution is 5.46. The fraction of sp³-hybridized carbons (Fsp3) is 0.267. The summed E-state index contributed by atoms with van der Waals surface area (Å²) in [7, 11) is 1.61. The molecule has 100 valence electrons. The molecular weight excluding hydrogens is 238 g/mol. The van der Waals surface area contributed by atoms with Gasteiger partial charge in [-0.1, -0.05) is 30.3 Å². The Kier molecular flexibility index (Phi) is 4.75. The minimum Gasteiger partial charge on any atom is -0.481 e. The maximum atomic E-state index is 5.83. The molecule has 0 saturated carbocycles. The Morgan fingerprint density at radius 3 is 2.74 bits per heavy atom. The fourth-order valence-corrected chi connectivity index (χ4v) is 1.94. The van der Waals surface area contributed by atoms with E-state index in [0.29, 0.717) is 12.4 Å². The van der Waals surface area contributed by atoms with Crippen molar-refractivity contribution in [1.82, 2.24) is 4.98 Å². The maximum Gasteiger partial charge on any atom is 0.214 e. The first-order valence-electron chi connectivity index (χ1n) is 6.32. The van der Waals surface area contributed by atoms with E-state index in [0.717, 1.165) is 12.1 Å². The molecule has 1 aromatic carbocycles. The van der Waals surface area contributed by atoms with Crippen molar-refractivity contribution < 1.29 is 4.74 Å². The van der Waals surface area contributed by atoms with E-state index in [4.69, 9.17) is 10.5 Å². The third kappa shape index (κ3) is 3.96. The second-order valence-electron chi connectivity index (χ2n) is 4.35. The smallest absolute Gasteiger partial charge is 0.214 e. The zero-order valence-corrected chi connectivity index (χ0v) is 11.0. The number of pyridine rings is 1. The number of anilines is 1. The number of nitrogens with one attached hydrogen (secondary N) is 1. The zero-order chi connectivity index (χ0) is 13.5. The summed E-state index contributed by atoms with van der Waals surface area (Å²) in [6.45, 7) is 0.569. The number of benzene rings is 1. The van der Waals surface area contributed by atoms with Gasteiger partial charge in [0.15, 0.2) is 0 Å². The van der Waals surface area contributed by atoms with Gasteiger partial charge in [-0.05, 0) is 18.1 Å². The lowest BCUT2D eigenvalue weighted by atomic mass is 10.1. The van der Waals surface area contributed by atoms with E-state index >= 15 is 0 Å². The summed E-state index contributed by atoms with van der Waals surface area (Å²) in [6.07, 6.45) is 2.61. The van der Waals surface area contributed by atoms with E-state index in [1.165, 1.54) is 5.56 Å². The third-order valence-electron chi connectivity index (χ3n) is 2.92. The van der Waals surface area contributed by atoms with Crippen molar-refractivity contribution in [2.45, 2.75) is 12.5 Å². The molecule has 1 heterocycles. The Hall–Kier alpha value is -2.07. The number of hydrogen-bond acceptors (Lipinski definition) is 4. The number of nitrogens with two attached hydrogens (primary N) is 1. The molecule has 0 aliphatic heterocycles. The van der Waals surface area contributed by atoms with E-state index < -0.39 is 0 Å². The molecule has 2 aromatic rings. The van der Waals surface area contributed by atoms with E-state index in [1.54, 1.807) is 13.3 Å². The second-order valence-corrected chi connectivity index (χ2v) is 4.35. The van der Waals surface area contributed by atoms with Crippen LogP contribution in [0.2, 0.25) is 0 Å². The predicted octanol–water partition coefficient (Wildman–Crippen LogP) is 2.07. The number of hydrogen-bond donors (Lipinski definition) is 2. The molecule has 0 fully saturated rings. The van der Waals surface area contributed by atoms with Crippen LogP contribution in [0.1, 0.15) is 5.56 Å². The lowest BCUT2D eigenvalue weighted by Gasteiger charge is -2.18. The van der Waals surface area contributed by atoms with Crippen LogP contribution in [-0.4, -0.2) is 24.7 Å². The zero-order valence-electron chi connectivity index (χ0n) is 11.0. The molecule has 0 aliphatic rings. The summed E-state index contributed by atoms with van der Waals surface area (Å²) >= 11 is 0. The minimum absolute atomic E-state index is 0.189. The van der Waals surface area contributed by atoms with E-state index in [9.17, 15) is 0 Å². The molecule has 0 aliphatic carbocycles. The van der Waals surface area contributed by atoms with Crippen molar-refractivity contribution in [3.63, 3.8) is 0 Å². The Labute approximate surface area is 113 Å². The van der Waals surface area contributed by atoms with Crippen LogP contribution < -0.4 is 15.8 Å². The van der Waals surface area contributed by atoms with Gasteiger partial charge in [-0.2, -0.15) is 0 Å². The first-order valence-corrected chi connectivity index (χ1v) is 6.32. The normalized spacial score (nSPS) is 11.9. The Morgan fingerprint density at radius 1 is 1.26 bits per heavy atom. The lowest BCUT2D eigenvalue weighted by Crippen LogP contribution is -2.31. The number of ether oxygens (including phenoxy) is 1. The van der Waals surface area contributed by atoms with Crippen LogP contribution in [0.25, 0.3) is 0 Å². The van der Waals surface area contributed by atoms with Crippen LogP contribution in [0.4, 0.5) is 5.69 Å². The summed E-state index contributed by atoms with van der Waals surface area (Å²) < 4.78 is 5.11. The van der Waals surface area contributed by atoms with Gasteiger partial charge >= 0.3 is 0 Å². The standard InChI is InChI=1S/C15H19N3O/c1-19-15-10-13(7-8-17-15)18-14(11-16)9-12-5-3-2-4-6-12/h2-8,10,14H,9,11,16H2,1H3,(H,17,18). The number of methoxy groups -OCH3 is 1. The van der Waals surface area contributed by atoms with Gasteiger partial charge in [0.25, 0.3) is 0 Å². The Morgan fingerprint density at radius 2 is 2.05 bits per heavy atom. The maximum absolute atomic E-state index is 5.83. The molecule has 2 rings (SSSR count). The van der Waals surface area contributed by atoms with Gasteiger partial charge in [0.2, 0.25) is 5.88 Å². The number of rotatable bonds is 6. The first kappa shape index (κ1) is 13.4. The summed E-state index contributed by atoms with van der Waals surface area (Å²) in [4.78, 5) is 4.08. The second kappa shape index (κ2) is 6.75. The topological polar surface area (TPSA) is 60.2 Å². The monoisotopic (exact) mass is 257 g/mol. The van der Waals surface area contributed by atoms with Gasteiger partial charge in [-0.3, -0.25) is 0 Å². The van der Waals surface area contributed by atoms with Crippen molar-refractivity contribution in [2.75, 3.05) is 19.0 Å². The lowest BCUT2D eigenvalue weighted by molar-refractivity contribution is 0.398. The van der Waals surface area contributed by atoms with Gasteiger partial charge in [0.05, 0.1) is 7.11 Å². The van der Waals surface area contributed by atoms with E-state index in [1.807, 2.05) is 30.3 Å². The third-order valence-corrected chi connectivity index (χ3v) is 2.92. The highest BCUT2D eigenvalue weighted by Crippen LogP contribution is 2.15. The minimum atomic E-state index is 0.189. The van der Waals surface area contributed by atoms with Crippen molar-refractivity contribution >= 4 is 5.69 Å². The highest BCUT2D eigenvalue weighted by Gasteiger charge is 2.08. The molecule has 1 aromatic heterocycles. The molecule has 0 spiro atoms. The van der Waals surface area contributed by atoms with Crippen LogP contribution in [0.5, 0.6) is 5.88 Å². The molecule has 0 radical (unpaired) electrons. The average molecular weight is 257 g/mol. The predicted molar refractivity (Wildman–Crippen MR) is 77.4 cm³/mol. The van der Waals surface area contributed by atoms with Gasteiger partial charge in [-0.25, -0.2) is 4.98 Å². The quantitative estimate of drug-likeness (QED) is 0.831. The van der Waals surface area contributed by atoms with Crippen LogP contribution in [-0.2, 0) is 6.42 Å². The van der Waals surface area contributed by atoms with Crippen molar-refractivity contribution in [2.24, 2.45) is 5.73 Å². The van der Waals surface area contributed by atoms with E-state index in [2.05, 4.69) is 22.4 Å². The summed E-state index contributed by atoms with van der Waals surface area (Å²) in [5, 5.41) is 3.41. The van der Waals surface area contributed by atoms with Gasteiger partial charge < -0.3 is 15.8 Å². The molecule has 4 nitrogen and oxygen atoms in total. The fourth-order valence-electron chi connectivity index (χ4n) is 1.94. The molecule has 19 heavy (non-hydrogen) atoms. The van der Waals surface area contributed by atoms with Crippen molar-refractivity contribution in [1.29, 1.82) is 0 Å². The van der Waals surface area contributed by atoms with Gasteiger partial charge in [0.1, 0.15) is 0 Å². The molecule has 1 unspecified atom stereocenters. The van der Waals surface area contributed by atoms with Crippen LogP contribution >= 0.6 is 0 Å². The van der Waals surface area contributed by atoms with Crippen LogP contribution in [0.3, 0.4) is 0 Å². The number of aromatic nitrogens is 1. The Balaban J connectivity index is 2.02. The average Bonchev–Trinajstić information content (AvgIpc) is 2.48. The molecule has 4 heteroatoms. The van der Waals surface area contributed by atoms with Gasteiger partial charge in [0, 0.05) is 30.5 Å². The van der Waals surface area contributed by atoms with Gasteiger partial charge in [-0.15, -0.1) is 0 Å². The molecule has 0 amide bonds. The molecular formula is C15H19N3O. The van der Waals surface area contributed by atoms with Crippen molar-refractivity contribution in [3.8, 4) is 5.88 Å². The highest BCUT2D eigenvalue weighted by atomic mass is 16.5. The van der Waals surface area contributed by atoms with Crippen LogP contribution in [0, 0.1) is 0 Å². The first-order chi connectivity index (χ1) is 9.31. The molecule has 0 bridgehead atoms. The van der Waals surface area contributed by atoms with Crippen molar-refractivity contribution in [3.05, 3.63) is 54.2 Å². The summed E-state index contributed by atoms with van der Waals surface area (Å²) in [5.41, 5.74) is 8.07. The summed E-state index contributed by atoms with van der Waals surface area (Å²) in [5.74, 6) is 0.598. The largest absolute Gasteiger partial charge is 0.481 e. The Bertz CT molecular complexity index is 502. The molecule has 0 saturated heterocycles. The molecule has 1 atom stereocenters. The molecule has 3 N–H and O–H groups in total. The summed E-state index contributed by atoms with van der Waals surface area (Å²) in [6, 6.07) is 14.3. The van der Waals surface area contributed by atoms with E-state index in [-0.39, 0.29) is 6.04 Å². The number of nitrogens with zero attached hydrogens (tertiary/aromatic N) is 1. The SMILES string of the molecule is COc1cc(NC(CN)Cc2ccccc2)ccn1. The van der Waals surface area contributed by atoms with Crippen LogP contribution in [0.15, 0.2) is 48.7 Å².